The molecule has 1 saturated heterocycles. The van der Waals surface area contributed by atoms with E-state index < -0.39 is 29.2 Å². The van der Waals surface area contributed by atoms with Crippen LogP contribution in [0.15, 0.2) is 4.99 Å². The van der Waals surface area contributed by atoms with Gasteiger partial charge < -0.3 is 25.0 Å². The van der Waals surface area contributed by atoms with E-state index in [4.69, 9.17) is 29.3 Å². The number of hydrogen-bond donors (Lipinski definition) is 4. The molecule has 1 spiro atoms. The van der Waals surface area contributed by atoms with Crippen molar-refractivity contribution in [2.75, 3.05) is 33.4 Å². The summed E-state index contributed by atoms with van der Waals surface area (Å²) < 4.78 is 10.3. The van der Waals surface area contributed by atoms with Gasteiger partial charge in [-0.05, 0) is 40.2 Å². The van der Waals surface area contributed by atoms with Crippen molar-refractivity contribution < 1.29 is 38.9 Å². The number of rotatable bonds is 3. The predicted octanol–water partition coefficient (Wildman–Crippen LogP) is -0.366. The van der Waals surface area contributed by atoms with Crippen LogP contribution in [0.4, 0.5) is 4.79 Å². The monoisotopic (exact) mass is 416 g/mol. The fraction of sp³-hybridized carbons (Fsp3) is 0.706. The largest absolute Gasteiger partial charge is 0.473 e. The average Bonchev–Trinajstić information content (AvgIpc) is 2.83. The highest BCUT2D eigenvalue weighted by Crippen LogP contribution is 2.29. The summed E-state index contributed by atoms with van der Waals surface area (Å²) in [5, 5.41) is 20.6. The third-order valence-electron chi connectivity index (χ3n) is 3.89. The van der Waals surface area contributed by atoms with Crippen LogP contribution in [0.25, 0.3) is 0 Å². The normalized spacial score (nSPS) is 21.2. The molecule has 12 nitrogen and oxygen atoms in total. The zero-order valence-electron chi connectivity index (χ0n) is 17.0. The Morgan fingerprint density at radius 3 is 2.34 bits per heavy atom. The van der Waals surface area contributed by atoms with Gasteiger partial charge in [0.15, 0.2) is 5.54 Å². The van der Waals surface area contributed by atoms with Gasteiger partial charge in [-0.2, -0.15) is 0 Å². The Morgan fingerprint density at radius 2 is 1.90 bits per heavy atom. The van der Waals surface area contributed by atoms with Gasteiger partial charge in [0.05, 0.1) is 13.2 Å². The molecule has 1 atom stereocenters. The zero-order chi connectivity index (χ0) is 22.2. The van der Waals surface area contributed by atoms with E-state index in [0.29, 0.717) is 26.1 Å². The molecule has 2 aliphatic rings. The third kappa shape index (κ3) is 7.31. The maximum Gasteiger partial charge on any atom is 0.414 e. The first-order chi connectivity index (χ1) is 13.4. The first kappa shape index (κ1) is 24.3. The highest BCUT2D eigenvalue weighted by molar-refractivity contribution is 6.27. The minimum absolute atomic E-state index is 0.104. The molecule has 2 rings (SSSR count). The molecule has 2 amide bonds. The average molecular weight is 416 g/mol. The molecule has 2 aliphatic heterocycles. The number of alkyl carbamates (subject to hydrolysis) is 1. The zero-order valence-corrected chi connectivity index (χ0v) is 17.0. The number of carboxylic acids is 2. The van der Waals surface area contributed by atoms with E-state index >= 15 is 0 Å². The molecule has 0 saturated carbocycles. The van der Waals surface area contributed by atoms with Gasteiger partial charge in [0.25, 0.3) is 5.91 Å². The molecule has 1 fully saturated rings. The molecule has 4 N–H and O–H groups in total. The summed E-state index contributed by atoms with van der Waals surface area (Å²) in [6, 6.07) is 0. The summed E-state index contributed by atoms with van der Waals surface area (Å²) >= 11 is 0. The van der Waals surface area contributed by atoms with E-state index in [9.17, 15) is 9.59 Å². The molecule has 2 heterocycles. The summed E-state index contributed by atoms with van der Waals surface area (Å²) in [5.41, 5.74) is -1.44. The number of methoxy groups -OCH3 is 1. The molecule has 0 aromatic carbocycles. The van der Waals surface area contributed by atoms with Crippen LogP contribution in [0.5, 0.6) is 0 Å². The Hall–Kier alpha value is -2.73. The molecular weight excluding hydrogens is 388 g/mol. The van der Waals surface area contributed by atoms with Crippen molar-refractivity contribution >= 4 is 29.9 Å². The van der Waals surface area contributed by atoms with Gasteiger partial charge >= 0.3 is 18.0 Å². The number of nitrogens with zero attached hydrogens (tertiary/aromatic N) is 2. The van der Waals surface area contributed by atoms with Crippen LogP contribution in [0.3, 0.4) is 0 Å². The van der Waals surface area contributed by atoms with E-state index in [-0.39, 0.29) is 11.9 Å². The van der Waals surface area contributed by atoms with Crippen molar-refractivity contribution in [3.63, 3.8) is 0 Å². The number of aliphatic carboxylic acids is 2. The van der Waals surface area contributed by atoms with Crippen molar-refractivity contribution in [2.24, 2.45) is 4.99 Å². The van der Waals surface area contributed by atoms with Crippen LogP contribution in [-0.4, -0.2) is 89.5 Å². The summed E-state index contributed by atoms with van der Waals surface area (Å²) in [7, 11) is 1.57. The van der Waals surface area contributed by atoms with E-state index in [1.54, 1.807) is 27.9 Å². The Bertz CT molecular complexity index is 653. The van der Waals surface area contributed by atoms with Crippen LogP contribution < -0.4 is 10.6 Å². The number of hydrogen-bond acceptors (Lipinski definition) is 8. The third-order valence-corrected chi connectivity index (χ3v) is 3.89. The molecule has 164 valence electrons. The maximum atomic E-state index is 12.8. The minimum atomic E-state index is -1.82. The number of carboxylic acid groups (broad SMARTS) is 2. The molecule has 0 aliphatic carbocycles. The van der Waals surface area contributed by atoms with Gasteiger partial charge in [-0.15, -0.1) is 0 Å². The molecule has 1 unspecified atom stereocenters. The second-order valence-electron chi connectivity index (χ2n) is 7.43. The minimum Gasteiger partial charge on any atom is -0.473 e. The summed E-state index contributed by atoms with van der Waals surface area (Å²) in [6.45, 7) is 7.40. The topological polar surface area (TPSA) is 167 Å². The van der Waals surface area contributed by atoms with Crippen molar-refractivity contribution in [1.29, 1.82) is 0 Å². The van der Waals surface area contributed by atoms with Crippen molar-refractivity contribution in [2.45, 2.75) is 44.8 Å². The van der Waals surface area contributed by atoms with Gasteiger partial charge in [-0.1, -0.05) is 0 Å². The molecule has 0 radical (unpaired) electrons. The second-order valence-corrected chi connectivity index (χ2v) is 7.43. The summed E-state index contributed by atoms with van der Waals surface area (Å²) in [6.07, 6.45) is 0.918. The van der Waals surface area contributed by atoms with Crippen LogP contribution in [-0.2, 0) is 23.9 Å². The quantitative estimate of drug-likeness (QED) is 0.449. The van der Waals surface area contributed by atoms with Crippen LogP contribution in [0.1, 0.15) is 33.6 Å². The fourth-order valence-electron chi connectivity index (χ4n) is 2.71. The van der Waals surface area contributed by atoms with Crippen molar-refractivity contribution in [3.05, 3.63) is 0 Å². The van der Waals surface area contributed by atoms with Crippen molar-refractivity contribution in [1.82, 2.24) is 15.5 Å². The lowest BCUT2D eigenvalue weighted by atomic mass is 9.90. The highest BCUT2D eigenvalue weighted by Gasteiger charge is 2.49. The first-order valence-electron chi connectivity index (χ1n) is 8.99. The summed E-state index contributed by atoms with van der Waals surface area (Å²) in [4.78, 5) is 49.0. The number of nitrogens with one attached hydrogen (secondary N) is 2. The van der Waals surface area contributed by atoms with Crippen LogP contribution in [0, 0.1) is 0 Å². The molecular formula is C17H28N4O8. The van der Waals surface area contributed by atoms with Gasteiger partial charge in [-0.25, -0.2) is 19.4 Å². The van der Waals surface area contributed by atoms with Gasteiger partial charge in [0.1, 0.15) is 5.60 Å². The number of aliphatic imine (C=N–C) groups is 1. The molecule has 0 aromatic heterocycles. The molecule has 12 heteroatoms. The lowest BCUT2D eigenvalue weighted by Gasteiger charge is -2.30. The highest BCUT2D eigenvalue weighted by atomic mass is 16.6. The van der Waals surface area contributed by atoms with Crippen LogP contribution >= 0.6 is 0 Å². The number of ether oxygens (including phenoxy) is 2. The number of guanidine groups is 1. The van der Waals surface area contributed by atoms with E-state index in [1.807, 2.05) is 0 Å². The number of carbonyl (C=O) groups is 4. The number of carbonyl (C=O) groups excluding carboxylic acids is 2. The molecule has 29 heavy (non-hydrogen) atoms. The molecule has 0 aromatic rings. The fourth-order valence-corrected chi connectivity index (χ4v) is 2.71. The lowest BCUT2D eigenvalue weighted by molar-refractivity contribution is -0.159. The SMILES string of the molecule is COCCN1C(=O)C2(CCCNC2)N=C1NC(=O)OC(C)(C)C.O=C(O)C(=O)O. The predicted molar refractivity (Wildman–Crippen MR) is 101 cm³/mol. The first-order valence-corrected chi connectivity index (χ1v) is 8.99. The van der Waals surface area contributed by atoms with Gasteiger partial charge in [-0.3, -0.25) is 15.0 Å². The Labute approximate surface area is 168 Å². The lowest BCUT2D eigenvalue weighted by Crippen LogP contribution is -2.53. The Kier molecular flexibility index (Phi) is 8.52. The Morgan fingerprint density at radius 1 is 1.28 bits per heavy atom. The number of amides is 2. The van der Waals surface area contributed by atoms with Crippen LogP contribution in [0.2, 0.25) is 0 Å². The van der Waals surface area contributed by atoms with E-state index in [2.05, 4.69) is 15.6 Å². The second kappa shape index (κ2) is 10.2. The number of piperidine rings is 1. The van der Waals surface area contributed by atoms with Gasteiger partial charge in [0, 0.05) is 13.7 Å². The van der Waals surface area contributed by atoms with Crippen molar-refractivity contribution in [3.8, 4) is 0 Å². The summed E-state index contributed by atoms with van der Waals surface area (Å²) in [5.74, 6) is -3.51. The maximum absolute atomic E-state index is 12.8. The van der Waals surface area contributed by atoms with Gasteiger partial charge in [0.2, 0.25) is 5.96 Å². The smallest absolute Gasteiger partial charge is 0.414 e. The van der Waals surface area contributed by atoms with E-state index in [0.717, 1.165) is 13.0 Å². The van der Waals surface area contributed by atoms with E-state index in [1.165, 1.54) is 4.90 Å². The molecule has 0 bridgehead atoms. The Balaban J connectivity index is 0.000000612. The standard InChI is InChI=1S/C15H26N4O4.C2H2O4/c1-14(2,3)23-13(21)17-12-18-15(6-5-7-16-10-15)11(20)19(12)8-9-22-4;3-1(4)2(5)6/h16H,5-10H2,1-4H3,(H,17,18,21);(H,3,4)(H,5,6).